The molecule has 0 aliphatic carbocycles. The van der Waals surface area contributed by atoms with Crippen LogP contribution in [0.2, 0.25) is 0 Å². The van der Waals surface area contributed by atoms with E-state index in [0.717, 1.165) is 22.3 Å². The second-order valence-electron chi connectivity index (χ2n) is 9.67. The van der Waals surface area contributed by atoms with Gasteiger partial charge in [0.2, 0.25) is 0 Å². The van der Waals surface area contributed by atoms with Crippen LogP contribution in [0, 0.1) is 13.8 Å². The summed E-state index contributed by atoms with van der Waals surface area (Å²) in [6, 6.07) is 14.2. The summed E-state index contributed by atoms with van der Waals surface area (Å²) in [5, 5.41) is 3.74. The Kier molecular flexibility index (Phi) is 7.56. The van der Waals surface area contributed by atoms with Gasteiger partial charge in [0.1, 0.15) is 18.8 Å². The number of hydrogen-bond donors (Lipinski definition) is 0. The zero-order valence-corrected chi connectivity index (χ0v) is 21.3. The van der Waals surface area contributed by atoms with Crippen molar-refractivity contribution < 1.29 is 28.3 Å². The van der Waals surface area contributed by atoms with Crippen molar-refractivity contribution in [2.24, 2.45) is 0 Å². The molecule has 1 amide bonds. The van der Waals surface area contributed by atoms with Crippen molar-refractivity contribution in [3.05, 3.63) is 77.0 Å². The monoisotopic (exact) mass is 492 g/mol. The van der Waals surface area contributed by atoms with Crippen molar-refractivity contribution in [1.29, 1.82) is 0 Å². The Morgan fingerprint density at radius 3 is 2.39 bits per heavy atom. The van der Waals surface area contributed by atoms with E-state index in [1.807, 2.05) is 70.2 Å². The van der Waals surface area contributed by atoms with Crippen molar-refractivity contribution in [1.82, 2.24) is 10.1 Å². The molecule has 1 aromatic heterocycles. The van der Waals surface area contributed by atoms with Gasteiger partial charge in [-0.2, -0.15) is 0 Å². The molecule has 0 bridgehead atoms. The van der Waals surface area contributed by atoms with Crippen molar-refractivity contribution in [3.8, 4) is 11.3 Å². The van der Waals surface area contributed by atoms with Crippen LogP contribution < -0.4 is 0 Å². The lowest BCUT2D eigenvalue weighted by Crippen LogP contribution is -2.45. The average molecular weight is 493 g/mol. The third kappa shape index (κ3) is 6.19. The number of benzene rings is 2. The van der Waals surface area contributed by atoms with Crippen molar-refractivity contribution in [2.75, 3.05) is 20.3 Å². The van der Waals surface area contributed by atoms with Gasteiger partial charge in [-0.25, -0.2) is 4.79 Å². The molecule has 1 saturated heterocycles. The second-order valence-corrected chi connectivity index (χ2v) is 9.67. The third-order valence-corrected chi connectivity index (χ3v) is 6.11. The first kappa shape index (κ1) is 25.6. The molecule has 3 aromatic rings. The fourth-order valence-corrected chi connectivity index (χ4v) is 4.33. The predicted molar refractivity (Wildman–Crippen MR) is 133 cm³/mol. The number of likely N-dealkylation sites (N-methyl/N-ethyl adjacent to an activating group) is 1. The van der Waals surface area contributed by atoms with E-state index in [1.165, 1.54) is 4.90 Å². The average Bonchev–Trinajstić information content (AvgIpc) is 3.49. The number of carbonyl (C=O) groups is 2. The number of hydrogen-bond acceptors (Lipinski definition) is 7. The van der Waals surface area contributed by atoms with Crippen LogP contribution in [-0.4, -0.2) is 60.1 Å². The van der Waals surface area contributed by atoms with E-state index in [-0.39, 0.29) is 25.0 Å². The van der Waals surface area contributed by atoms with Crippen molar-refractivity contribution in [2.45, 2.75) is 52.0 Å². The molecule has 1 aliphatic rings. The molecule has 2 atom stereocenters. The summed E-state index contributed by atoms with van der Waals surface area (Å²) < 4.78 is 22.2. The lowest BCUT2D eigenvalue weighted by molar-refractivity contribution is -0.161. The van der Waals surface area contributed by atoms with E-state index < -0.39 is 17.8 Å². The minimum atomic E-state index is -0.829. The number of rotatable bonds is 8. The largest absolute Gasteiger partial charge is 0.461 e. The van der Waals surface area contributed by atoms with Gasteiger partial charge in [0.25, 0.3) is 5.91 Å². The molecule has 0 N–H and O–H groups in total. The zero-order valence-electron chi connectivity index (χ0n) is 21.3. The summed E-state index contributed by atoms with van der Waals surface area (Å²) >= 11 is 0. The molecule has 0 radical (unpaired) electrons. The summed E-state index contributed by atoms with van der Waals surface area (Å²) in [7, 11) is 1.63. The fraction of sp³-hybridized carbons (Fsp3) is 0.393. The molecule has 190 valence electrons. The SMILES string of the molecule is Cc1cc(C)cc(C(=O)N(C)[C@H](Cc2ccc(-c3ccno3)cc2)C(=O)OC[C@H]2COC(C)(C)O2)c1. The predicted octanol–water partition coefficient (Wildman–Crippen LogP) is 4.34. The molecule has 8 heteroatoms. The minimum Gasteiger partial charge on any atom is -0.461 e. The number of amides is 1. The van der Waals surface area contributed by atoms with Gasteiger partial charge in [-0.05, 0) is 45.4 Å². The minimum absolute atomic E-state index is 0.0504. The Morgan fingerprint density at radius 2 is 1.81 bits per heavy atom. The van der Waals surface area contributed by atoms with E-state index in [1.54, 1.807) is 19.3 Å². The van der Waals surface area contributed by atoms with Gasteiger partial charge >= 0.3 is 5.97 Å². The van der Waals surface area contributed by atoms with Gasteiger partial charge < -0.3 is 23.6 Å². The summed E-state index contributed by atoms with van der Waals surface area (Å²) in [6.07, 6.45) is 1.52. The van der Waals surface area contributed by atoms with E-state index in [2.05, 4.69) is 5.16 Å². The van der Waals surface area contributed by atoms with Crippen LogP contribution in [0.25, 0.3) is 11.3 Å². The standard InChI is InChI=1S/C28H32N2O6/c1-18-12-19(2)14-22(13-18)26(31)30(5)24(27(32)33-16-23-17-34-28(3,4)35-23)15-20-6-8-21(9-7-20)25-10-11-29-36-25/h6-14,23-24H,15-17H2,1-5H3/t23-,24+/m0/s1. The zero-order chi connectivity index (χ0) is 25.9. The normalized spacial score (nSPS) is 17.5. The van der Waals surface area contributed by atoms with E-state index in [0.29, 0.717) is 17.9 Å². The lowest BCUT2D eigenvalue weighted by atomic mass is 10.0. The maximum absolute atomic E-state index is 13.4. The van der Waals surface area contributed by atoms with Crippen molar-refractivity contribution >= 4 is 11.9 Å². The molecule has 0 unspecified atom stereocenters. The maximum atomic E-state index is 13.4. The third-order valence-electron chi connectivity index (χ3n) is 6.11. The van der Waals surface area contributed by atoms with Gasteiger partial charge in [0, 0.05) is 30.7 Å². The topological polar surface area (TPSA) is 91.1 Å². The molecule has 0 saturated carbocycles. The quantitative estimate of drug-likeness (QED) is 0.432. The Labute approximate surface area is 211 Å². The highest BCUT2D eigenvalue weighted by Gasteiger charge is 2.35. The summed E-state index contributed by atoms with van der Waals surface area (Å²) in [5.41, 5.74) is 4.24. The van der Waals surface area contributed by atoms with Gasteiger partial charge in [-0.3, -0.25) is 4.79 Å². The Hall–Kier alpha value is -3.49. The number of carbonyl (C=O) groups excluding carboxylic acids is 2. The number of esters is 1. The van der Waals surface area contributed by atoms with Crippen LogP contribution in [0.5, 0.6) is 0 Å². The molecule has 2 aromatic carbocycles. The number of ether oxygens (including phenoxy) is 3. The summed E-state index contributed by atoms with van der Waals surface area (Å²) in [5.74, 6) is -0.801. The molecule has 1 aliphatic heterocycles. The van der Waals surface area contributed by atoms with E-state index in [9.17, 15) is 9.59 Å². The van der Waals surface area contributed by atoms with Crippen LogP contribution in [0.15, 0.2) is 59.3 Å². The number of aromatic nitrogens is 1. The number of aryl methyl sites for hydroxylation is 2. The highest BCUT2D eigenvalue weighted by molar-refractivity contribution is 5.97. The van der Waals surface area contributed by atoms with Gasteiger partial charge in [0.05, 0.1) is 12.8 Å². The molecule has 2 heterocycles. The highest BCUT2D eigenvalue weighted by atomic mass is 16.7. The molecule has 8 nitrogen and oxygen atoms in total. The van der Waals surface area contributed by atoms with Crippen LogP contribution >= 0.6 is 0 Å². The number of nitrogens with zero attached hydrogens (tertiary/aromatic N) is 2. The highest BCUT2D eigenvalue weighted by Crippen LogP contribution is 2.24. The molecular weight excluding hydrogens is 460 g/mol. The second kappa shape index (κ2) is 10.6. The first-order chi connectivity index (χ1) is 17.1. The molecule has 36 heavy (non-hydrogen) atoms. The molecule has 1 fully saturated rings. The fourth-order valence-electron chi connectivity index (χ4n) is 4.33. The van der Waals surface area contributed by atoms with Crippen LogP contribution in [0.4, 0.5) is 0 Å². The first-order valence-electron chi connectivity index (χ1n) is 11.9. The van der Waals surface area contributed by atoms with Gasteiger partial charge in [-0.1, -0.05) is 46.6 Å². The van der Waals surface area contributed by atoms with E-state index >= 15 is 0 Å². The maximum Gasteiger partial charge on any atom is 0.329 e. The van der Waals surface area contributed by atoms with Gasteiger partial charge in [0.15, 0.2) is 11.5 Å². The van der Waals surface area contributed by atoms with Crippen molar-refractivity contribution in [3.63, 3.8) is 0 Å². The lowest BCUT2D eigenvalue weighted by Gasteiger charge is -2.27. The van der Waals surface area contributed by atoms with E-state index in [4.69, 9.17) is 18.7 Å². The van der Waals surface area contributed by atoms with Crippen LogP contribution in [0.3, 0.4) is 0 Å². The summed E-state index contributed by atoms with van der Waals surface area (Å²) in [6.45, 7) is 7.90. The smallest absolute Gasteiger partial charge is 0.329 e. The van der Waals surface area contributed by atoms with Crippen LogP contribution in [-0.2, 0) is 25.4 Å². The van der Waals surface area contributed by atoms with Gasteiger partial charge in [-0.15, -0.1) is 0 Å². The molecule has 0 spiro atoms. The Bertz CT molecular complexity index is 1180. The van der Waals surface area contributed by atoms with Crippen LogP contribution in [0.1, 0.15) is 40.9 Å². The molecular formula is C28H32N2O6. The Balaban J connectivity index is 1.53. The Morgan fingerprint density at radius 1 is 1.11 bits per heavy atom. The molecule has 4 rings (SSSR count). The summed E-state index contributed by atoms with van der Waals surface area (Å²) in [4.78, 5) is 28.1. The first-order valence-corrected chi connectivity index (χ1v) is 11.9.